The van der Waals surface area contributed by atoms with Gasteiger partial charge in [0, 0.05) is 17.9 Å². The number of hydrogen-bond donors (Lipinski definition) is 2. The number of aliphatic hydroxyl groups excluding tert-OH is 1. The molecule has 0 aliphatic carbocycles. The molecule has 2 aromatic carbocycles. The van der Waals surface area contributed by atoms with Crippen LogP contribution in [0.15, 0.2) is 54.6 Å². The van der Waals surface area contributed by atoms with E-state index in [9.17, 15) is 9.90 Å². The van der Waals surface area contributed by atoms with Crippen LogP contribution in [0.3, 0.4) is 0 Å². The quantitative estimate of drug-likeness (QED) is 0.734. The molecule has 1 amide bonds. The topological polar surface area (TPSA) is 49.3 Å². The van der Waals surface area contributed by atoms with Crippen molar-refractivity contribution in [1.29, 1.82) is 0 Å². The van der Waals surface area contributed by atoms with Gasteiger partial charge in [0.25, 0.3) is 0 Å². The normalized spacial score (nSPS) is 12.8. The number of hydrogen-bond acceptors (Lipinski definition) is 2. The van der Waals surface area contributed by atoms with E-state index < -0.39 is 0 Å². The summed E-state index contributed by atoms with van der Waals surface area (Å²) in [5.74, 6) is 0.572. The molecule has 3 heteroatoms. The fourth-order valence-electron chi connectivity index (χ4n) is 2.94. The van der Waals surface area contributed by atoms with E-state index in [1.165, 1.54) is 11.1 Å². The Hall–Kier alpha value is -2.13. The molecule has 2 rings (SSSR count). The number of aliphatic hydroxyl groups is 1. The van der Waals surface area contributed by atoms with Crippen LogP contribution in [0.4, 0.5) is 0 Å². The monoisotopic (exact) mass is 353 g/mol. The van der Waals surface area contributed by atoms with Gasteiger partial charge in [0.2, 0.25) is 5.91 Å². The smallest absolute Gasteiger partial charge is 0.225 e. The molecule has 0 unspecified atom stereocenters. The Kier molecular flexibility index (Phi) is 6.98. The van der Waals surface area contributed by atoms with Gasteiger partial charge >= 0.3 is 0 Å². The standard InChI is InChI=1S/C23H31NO2/c1-17(2)23(3,4)22(26)24-14-13-21(19-10-6-5-7-11-19)20-12-8-9-18(15-20)16-25/h5-12,15,17,21,25H,13-14,16H2,1-4H3,(H,24,26)/t21-/m1/s1. The zero-order valence-electron chi connectivity index (χ0n) is 16.3. The molecule has 0 aliphatic heterocycles. The molecule has 0 bridgehead atoms. The molecule has 0 radical (unpaired) electrons. The van der Waals surface area contributed by atoms with Crippen LogP contribution in [0, 0.1) is 11.3 Å². The fraction of sp³-hybridized carbons (Fsp3) is 0.435. The maximum absolute atomic E-state index is 12.5. The molecule has 2 N–H and O–H groups in total. The Bertz CT molecular complexity index is 707. The van der Waals surface area contributed by atoms with Gasteiger partial charge in [0.15, 0.2) is 0 Å². The minimum absolute atomic E-state index is 0.0364. The molecule has 0 fully saturated rings. The fourth-order valence-corrected chi connectivity index (χ4v) is 2.94. The van der Waals surface area contributed by atoms with Crippen LogP contribution in [-0.2, 0) is 11.4 Å². The lowest BCUT2D eigenvalue weighted by atomic mass is 9.80. The number of nitrogens with one attached hydrogen (secondary N) is 1. The third-order valence-electron chi connectivity index (χ3n) is 5.49. The first-order chi connectivity index (χ1) is 12.4. The highest BCUT2D eigenvalue weighted by molar-refractivity contribution is 5.82. The van der Waals surface area contributed by atoms with Crippen LogP contribution < -0.4 is 5.32 Å². The van der Waals surface area contributed by atoms with Gasteiger partial charge in [0.05, 0.1) is 6.61 Å². The van der Waals surface area contributed by atoms with E-state index in [-0.39, 0.29) is 29.8 Å². The van der Waals surface area contributed by atoms with Gasteiger partial charge in [0.1, 0.15) is 0 Å². The van der Waals surface area contributed by atoms with E-state index in [0.717, 1.165) is 12.0 Å². The van der Waals surface area contributed by atoms with Crippen molar-refractivity contribution in [2.24, 2.45) is 11.3 Å². The van der Waals surface area contributed by atoms with Crippen LogP contribution in [0.1, 0.15) is 56.7 Å². The van der Waals surface area contributed by atoms with E-state index >= 15 is 0 Å². The van der Waals surface area contributed by atoms with Crippen LogP contribution in [0.25, 0.3) is 0 Å². The zero-order valence-corrected chi connectivity index (χ0v) is 16.3. The van der Waals surface area contributed by atoms with Gasteiger partial charge < -0.3 is 10.4 Å². The third-order valence-corrected chi connectivity index (χ3v) is 5.49. The Morgan fingerprint density at radius 1 is 1.04 bits per heavy atom. The van der Waals surface area contributed by atoms with Crippen LogP contribution in [0.5, 0.6) is 0 Å². The van der Waals surface area contributed by atoms with Crippen molar-refractivity contribution < 1.29 is 9.90 Å². The molecular formula is C23H31NO2. The molecule has 3 nitrogen and oxygen atoms in total. The Morgan fingerprint density at radius 3 is 2.31 bits per heavy atom. The minimum Gasteiger partial charge on any atom is -0.392 e. The van der Waals surface area contributed by atoms with E-state index in [4.69, 9.17) is 0 Å². The van der Waals surface area contributed by atoms with Crippen LogP contribution in [-0.4, -0.2) is 17.6 Å². The van der Waals surface area contributed by atoms with Crippen molar-refractivity contribution in [2.75, 3.05) is 6.54 Å². The Morgan fingerprint density at radius 2 is 1.69 bits per heavy atom. The van der Waals surface area contributed by atoms with Crippen molar-refractivity contribution in [3.63, 3.8) is 0 Å². The summed E-state index contributed by atoms with van der Waals surface area (Å²) in [6.45, 7) is 8.80. The van der Waals surface area contributed by atoms with Crippen molar-refractivity contribution in [1.82, 2.24) is 5.32 Å². The lowest BCUT2D eigenvalue weighted by molar-refractivity contribution is -0.131. The van der Waals surface area contributed by atoms with Gasteiger partial charge in [-0.15, -0.1) is 0 Å². The van der Waals surface area contributed by atoms with Crippen LogP contribution >= 0.6 is 0 Å². The number of carbonyl (C=O) groups excluding carboxylic acids is 1. The summed E-state index contributed by atoms with van der Waals surface area (Å²) >= 11 is 0. The predicted molar refractivity (Wildman–Crippen MR) is 107 cm³/mol. The first-order valence-electron chi connectivity index (χ1n) is 9.39. The third kappa shape index (κ3) is 4.95. The lowest BCUT2D eigenvalue weighted by Crippen LogP contribution is -2.40. The molecule has 26 heavy (non-hydrogen) atoms. The SMILES string of the molecule is CC(C)C(C)(C)C(=O)NCC[C@H](c1ccccc1)c1cccc(CO)c1. The van der Waals surface area contributed by atoms with Crippen molar-refractivity contribution in [2.45, 2.75) is 46.6 Å². The number of benzene rings is 2. The summed E-state index contributed by atoms with van der Waals surface area (Å²) in [4.78, 5) is 12.5. The van der Waals surface area contributed by atoms with Gasteiger partial charge in [-0.25, -0.2) is 0 Å². The van der Waals surface area contributed by atoms with E-state index in [1.807, 2.05) is 44.2 Å². The predicted octanol–water partition coefficient (Wildman–Crippen LogP) is 4.50. The van der Waals surface area contributed by atoms with Crippen LogP contribution in [0.2, 0.25) is 0 Å². The molecule has 0 heterocycles. The van der Waals surface area contributed by atoms with Crippen molar-refractivity contribution in [3.05, 3.63) is 71.3 Å². The van der Waals surface area contributed by atoms with Crippen molar-refractivity contribution >= 4 is 5.91 Å². The molecular weight excluding hydrogens is 322 g/mol. The van der Waals surface area contributed by atoms with E-state index in [1.54, 1.807) is 0 Å². The highest BCUT2D eigenvalue weighted by Crippen LogP contribution is 2.29. The molecule has 0 aromatic heterocycles. The van der Waals surface area contributed by atoms with Gasteiger partial charge in [-0.2, -0.15) is 0 Å². The maximum atomic E-state index is 12.5. The first-order valence-corrected chi connectivity index (χ1v) is 9.39. The number of rotatable bonds is 8. The Balaban J connectivity index is 2.14. The van der Waals surface area contributed by atoms with Gasteiger partial charge in [-0.3, -0.25) is 4.79 Å². The second-order valence-electron chi connectivity index (χ2n) is 7.79. The van der Waals surface area contributed by atoms with E-state index in [2.05, 4.69) is 43.4 Å². The summed E-state index contributed by atoms with van der Waals surface area (Å²) < 4.78 is 0. The first kappa shape index (κ1) is 20.2. The lowest BCUT2D eigenvalue weighted by Gasteiger charge is -2.28. The average molecular weight is 354 g/mol. The van der Waals surface area contributed by atoms with Gasteiger partial charge in [-0.1, -0.05) is 82.3 Å². The zero-order chi connectivity index (χ0) is 19.2. The molecule has 0 saturated heterocycles. The summed E-state index contributed by atoms with van der Waals surface area (Å²) in [6, 6.07) is 18.4. The summed E-state index contributed by atoms with van der Waals surface area (Å²) in [7, 11) is 0. The maximum Gasteiger partial charge on any atom is 0.225 e. The highest BCUT2D eigenvalue weighted by atomic mass is 16.3. The molecule has 140 valence electrons. The molecule has 2 aromatic rings. The summed E-state index contributed by atoms with van der Waals surface area (Å²) in [5, 5.41) is 12.6. The molecule has 0 aliphatic rings. The molecule has 1 atom stereocenters. The Labute approximate surface area is 157 Å². The second kappa shape index (κ2) is 9.00. The largest absolute Gasteiger partial charge is 0.392 e. The van der Waals surface area contributed by atoms with Crippen molar-refractivity contribution in [3.8, 4) is 0 Å². The van der Waals surface area contributed by atoms with E-state index in [0.29, 0.717) is 6.54 Å². The highest BCUT2D eigenvalue weighted by Gasteiger charge is 2.30. The average Bonchev–Trinajstić information content (AvgIpc) is 2.65. The second-order valence-corrected chi connectivity index (χ2v) is 7.79. The summed E-state index contributed by atoms with van der Waals surface area (Å²) in [6.07, 6.45) is 0.818. The number of amides is 1. The molecule has 0 saturated carbocycles. The summed E-state index contributed by atoms with van der Waals surface area (Å²) in [5.41, 5.74) is 2.92. The van der Waals surface area contributed by atoms with Gasteiger partial charge in [-0.05, 0) is 29.0 Å². The minimum atomic E-state index is -0.376. The number of carbonyl (C=O) groups is 1. The molecule has 0 spiro atoms.